The molecule has 0 aromatic heterocycles. The molecule has 1 N–H and O–H groups in total. The van der Waals surface area contributed by atoms with Gasteiger partial charge in [0.1, 0.15) is 5.75 Å². The second-order valence-corrected chi connectivity index (χ2v) is 4.86. The zero-order chi connectivity index (χ0) is 14.4. The molecule has 1 aliphatic rings. The van der Waals surface area contributed by atoms with Crippen molar-refractivity contribution in [3.8, 4) is 5.75 Å². The molecule has 1 fully saturated rings. The van der Waals surface area contributed by atoms with Gasteiger partial charge in [0.25, 0.3) is 5.91 Å². The van der Waals surface area contributed by atoms with Gasteiger partial charge < -0.3 is 15.0 Å². The first-order chi connectivity index (χ1) is 9.66. The maximum absolute atomic E-state index is 12.0. The van der Waals surface area contributed by atoms with E-state index in [0.29, 0.717) is 11.3 Å². The monoisotopic (exact) mass is 276 g/mol. The molecule has 2 rings (SSSR count). The standard InChI is InChI=1S/C15H20N2O3/c1-12(18)13-4-2-5-14(10-13)20-11-15(19)17-8-3-6-16-7-9-17/h2,4-5,10,16H,3,6-9,11H2,1H3. The van der Waals surface area contributed by atoms with E-state index in [2.05, 4.69) is 5.32 Å². The fourth-order valence-electron chi connectivity index (χ4n) is 2.14. The van der Waals surface area contributed by atoms with Crippen LogP contribution in [-0.2, 0) is 4.79 Å². The summed E-state index contributed by atoms with van der Waals surface area (Å²) in [6.07, 6.45) is 0.964. The van der Waals surface area contributed by atoms with Crippen LogP contribution in [-0.4, -0.2) is 49.4 Å². The molecule has 1 aromatic rings. The molecule has 1 saturated heterocycles. The second kappa shape index (κ2) is 7.05. The topological polar surface area (TPSA) is 58.6 Å². The minimum atomic E-state index is -0.0135. The number of carbonyl (C=O) groups excluding carboxylic acids is 2. The number of ether oxygens (including phenoxy) is 1. The molecular formula is C15H20N2O3. The average molecular weight is 276 g/mol. The number of benzene rings is 1. The Labute approximate surface area is 118 Å². The molecule has 1 heterocycles. The van der Waals surface area contributed by atoms with Gasteiger partial charge in [-0.25, -0.2) is 0 Å². The largest absolute Gasteiger partial charge is 0.484 e. The van der Waals surface area contributed by atoms with E-state index in [4.69, 9.17) is 4.74 Å². The van der Waals surface area contributed by atoms with E-state index in [1.807, 2.05) is 4.90 Å². The summed E-state index contributed by atoms with van der Waals surface area (Å²) in [5.74, 6) is 0.529. The summed E-state index contributed by atoms with van der Waals surface area (Å²) >= 11 is 0. The van der Waals surface area contributed by atoms with Gasteiger partial charge in [0.05, 0.1) is 0 Å². The predicted octanol–water partition coefficient (Wildman–Crippen LogP) is 1.09. The third-order valence-corrected chi connectivity index (χ3v) is 3.30. The number of hydrogen-bond acceptors (Lipinski definition) is 4. The van der Waals surface area contributed by atoms with Crippen molar-refractivity contribution in [1.29, 1.82) is 0 Å². The highest BCUT2D eigenvalue weighted by Crippen LogP contribution is 2.14. The molecule has 1 aromatic carbocycles. The molecule has 0 bridgehead atoms. The lowest BCUT2D eigenvalue weighted by Crippen LogP contribution is -2.37. The van der Waals surface area contributed by atoms with E-state index >= 15 is 0 Å². The Hall–Kier alpha value is -1.88. The van der Waals surface area contributed by atoms with E-state index in [1.54, 1.807) is 24.3 Å². The lowest BCUT2D eigenvalue weighted by molar-refractivity contribution is -0.133. The predicted molar refractivity (Wildman–Crippen MR) is 76.0 cm³/mol. The van der Waals surface area contributed by atoms with Crippen molar-refractivity contribution < 1.29 is 14.3 Å². The van der Waals surface area contributed by atoms with Gasteiger partial charge in [-0.15, -0.1) is 0 Å². The number of nitrogens with one attached hydrogen (secondary N) is 1. The molecule has 0 atom stereocenters. The van der Waals surface area contributed by atoms with Gasteiger partial charge in [0.2, 0.25) is 0 Å². The molecular weight excluding hydrogens is 256 g/mol. The number of nitrogens with zero attached hydrogens (tertiary/aromatic N) is 1. The van der Waals surface area contributed by atoms with E-state index in [9.17, 15) is 9.59 Å². The molecule has 0 saturated carbocycles. The number of hydrogen-bond donors (Lipinski definition) is 1. The highest BCUT2D eigenvalue weighted by atomic mass is 16.5. The number of Topliss-reactive ketones (excluding diaryl/α,β-unsaturated/α-hetero) is 1. The molecule has 5 nitrogen and oxygen atoms in total. The second-order valence-electron chi connectivity index (χ2n) is 4.86. The van der Waals surface area contributed by atoms with E-state index in [-0.39, 0.29) is 18.3 Å². The highest BCUT2D eigenvalue weighted by molar-refractivity contribution is 5.94. The Bertz CT molecular complexity index is 480. The summed E-state index contributed by atoms with van der Waals surface area (Å²) in [6.45, 7) is 4.78. The molecule has 1 aliphatic heterocycles. The number of carbonyl (C=O) groups is 2. The minimum absolute atomic E-state index is 0.0121. The van der Waals surface area contributed by atoms with Crippen LogP contribution < -0.4 is 10.1 Å². The van der Waals surface area contributed by atoms with Crippen LogP contribution in [0.1, 0.15) is 23.7 Å². The lowest BCUT2D eigenvalue weighted by atomic mass is 10.1. The summed E-state index contributed by atoms with van der Waals surface area (Å²) in [7, 11) is 0. The van der Waals surface area contributed by atoms with Crippen LogP contribution in [0.4, 0.5) is 0 Å². The third kappa shape index (κ3) is 4.06. The molecule has 20 heavy (non-hydrogen) atoms. The van der Waals surface area contributed by atoms with E-state index in [0.717, 1.165) is 32.6 Å². The van der Waals surface area contributed by atoms with Crippen molar-refractivity contribution in [2.24, 2.45) is 0 Å². The molecule has 5 heteroatoms. The van der Waals surface area contributed by atoms with Gasteiger partial charge >= 0.3 is 0 Å². The smallest absolute Gasteiger partial charge is 0.260 e. The Morgan fingerprint density at radius 3 is 2.95 bits per heavy atom. The van der Waals surface area contributed by atoms with Crippen molar-refractivity contribution in [2.45, 2.75) is 13.3 Å². The zero-order valence-electron chi connectivity index (χ0n) is 11.7. The normalized spacial score (nSPS) is 15.6. The molecule has 0 unspecified atom stereocenters. The fourth-order valence-corrected chi connectivity index (χ4v) is 2.14. The van der Waals surface area contributed by atoms with Crippen LogP contribution in [0, 0.1) is 0 Å². The molecule has 0 radical (unpaired) electrons. The van der Waals surface area contributed by atoms with E-state index in [1.165, 1.54) is 6.92 Å². The van der Waals surface area contributed by atoms with Crippen LogP contribution in [0.15, 0.2) is 24.3 Å². The van der Waals surface area contributed by atoms with Gasteiger partial charge in [-0.05, 0) is 32.0 Å². The van der Waals surface area contributed by atoms with Crippen LogP contribution in [0.3, 0.4) is 0 Å². The molecule has 0 spiro atoms. The first-order valence-corrected chi connectivity index (χ1v) is 6.89. The SMILES string of the molecule is CC(=O)c1cccc(OCC(=O)N2CCCNCC2)c1. The van der Waals surface area contributed by atoms with Crippen molar-refractivity contribution >= 4 is 11.7 Å². The molecule has 1 amide bonds. The summed E-state index contributed by atoms with van der Waals surface area (Å²) in [5, 5.41) is 3.25. The van der Waals surface area contributed by atoms with Crippen LogP contribution in [0.2, 0.25) is 0 Å². The van der Waals surface area contributed by atoms with Gasteiger partial charge in [-0.3, -0.25) is 9.59 Å². The van der Waals surface area contributed by atoms with Crippen molar-refractivity contribution in [1.82, 2.24) is 10.2 Å². The van der Waals surface area contributed by atoms with Crippen molar-refractivity contribution in [2.75, 3.05) is 32.8 Å². The van der Waals surface area contributed by atoms with Crippen molar-refractivity contribution in [3.63, 3.8) is 0 Å². The number of rotatable bonds is 4. The number of amides is 1. The Balaban J connectivity index is 1.89. The number of ketones is 1. The first kappa shape index (κ1) is 14.5. The summed E-state index contributed by atoms with van der Waals surface area (Å²) in [6, 6.07) is 6.91. The summed E-state index contributed by atoms with van der Waals surface area (Å²) in [5.41, 5.74) is 0.592. The lowest BCUT2D eigenvalue weighted by Gasteiger charge is -2.20. The third-order valence-electron chi connectivity index (χ3n) is 3.30. The highest BCUT2D eigenvalue weighted by Gasteiger charge is 2.15. The summed E-state index contributed by atoms with van der Waals surface area (Å²) < 4.78 is 5.49. The summed E-state index contributed by atoms with van der Waals surface area (Å²) in [4.78, 5) is 25.1. The van der Waals surface area contributed by atoms with Crippen LogP contribution in [0.5, 0.6) is 5.75 Å². The molecule has 108 valence electrons. The van der Waals surface area contributed by atoms with Gasteiger partial charge in [0.15, 0.2) is 12.4 Å². The Kier molecular flexibility index (Phi) is 5.12. The fraction of sp³-hybridized carbons (Fsp3) is 0.467. The molecule has 0 aliphatic carbocycles. The quantitative estimate of drug-likeness (QED) is 0.836. The van der Waals surface area contributed by atoms with Gasteiger partial charge in [-0.1, -0.05) is 12.1 Å². The average Bonchev–Trinajstić information content (AvgIpc) is 2.74. The maximum atomic E-state index is 12.0. The zero-order valence-corrected chi connectivity index (χ0v) is 11.7. The van der Waals surface area contributed by atoms with Crippen LogP contribution in [0.25, 0.3) is 0 Å². The first-order valence-electron chi connectivity index (χ1n) is 6.89. The minimum Gasteiger partial charge on any atom is -0.484 e. The Morgan fingerprint density at radius 2 is 2.15 bits per heavy atom. The maximum Gasteiger partial charge on any atom is 0.260 e. The Morgan fingerprint density at radius 1 is 1.30 bits per heavy atom. The van der Waals surface area contributed by atoms with E-state index < -0.39 is 0 Å². The van der Waals surface area contributed by atoms with Gasteiger partial charge in [-0.2, -0.15) is 0 Å². The van der Waals surface area contributed by atoms with Crippen molar-refractivity contribution in [3.05, 3.63) is 29.8 Å². The van der Waals surface area contributed by atoms with Crippen LogP contribution >= 0.6 is 0 Å². The van der Waals surface area contributed by atoms with Gasteiger partial charge in [0, 0.05) is 25.2 Å².